The van der Waals surface area contributed by atoms with Gasteiger partial charge in [0, 0.05) is 38.3 Å². The molecule has 138 valence electrons. The average Bonchev–Trinajstić information content (AvgIpc) is 2.85. The van der Waals surface area contributed by atoms with Gasteiger partial charge in [0.25, 0.3) is 11.8 Å². The van der Waals surface area contributed by atoms with Gasteiger partial charge in [0.2, 0.25) is 5.91 Å². The van der Waals surface area contributed by atoms with Crippen LogP contribution < -0.4 is 15.5 Å². The number of nitrogens with one attached hydrogen (secondary N) is 2. The third-order valence-electron chi connectivity index (χ3n) is 4.98. The van der Waals surface area contributed by atoms with Crippen LogP contribution in [-0.4, -0.2) is 68.2 Å². The second-order valence-corrected chi connectivity index (χ2v) is 6.47. The summed E-state index contributed by atoms with van der Waals surface area (Å²) >= 11 is 0. The van der Waals surface area contributed by atoms with E-state index in [9.17, 15) is 19.2 Å². The standard InChI is InChI=1S/C18H22N4O4/c1-19-11-9-21(10-11)12-5-6-13-14(8-12)18(26)22(17(13)25)15(4-3-7-23)16(24)20-2/h5-8,11,15,19H,3-4,9-10H2,1-2H3,(H,20,24). The summed E-state index contributed by atoms with van der Waals surface area (Å²) in [5, 5.41) is 5.65. The van der Waals surface area contributed by atoms with Gasteiger partial charge >= 0.3 is 0 Å². The highest BCUT2D eigenvalue weighted by atomic mass is 16.2. The molecular formula is C18H22N4O4. The second-order valence-electron chi connectivity index (χ2n) is 6.47. The van der Waals surface area contributed by atoms with E-state index in [1.165, 1.54) is 7.05 Å². The summed E-state index contributed by atoms with van der Waals surface area (Å²) in [6.45, 7) is 1.67. The quantitative estimate of drug-likeness (QED) is 0.517. The normalized spacial score (nSPS) is 17.8. The molecule has 2 aliphatic heterocycles. The maximum Gasteiger partial charge on any atom is 0.262 e. The number of hydrogen-bond acceptors (Lipinski definition) is 6. The first-order chi connectivity index (χ1) is 12.5. The second kappa shape index (κ2) is 7.25. The highest BCUT2D eigenvalue weighted by Gasteiger charge is 2.42. The molecule has 2 heterocycles. The van der Waals surface area contributed by atoms with E-state index < -0.39 is 23.8 Å². The zero-order chi connectivity index (χ0) is 18.8. The van der Waals surface area contributed by atoms with Crippen LogP contribution in [0.5, 0.6) is 0 Å². The number of likely N-dealkylation sites (N-methyl/N-ethyl adjacent to an activating group) is 2. The van der Waals surface area contributed by atoms with Crippen LogP contribution in [0.25, 0.3) is 0 Å². The molecule has 1 atom stereocenters. The first-order valence-electron chi connectivity index (χ1n) is 8.61. The Morgan fingerprint density at radius 1 is 1.23 bits per heavy atom. The van der Waals surface area contributed by atoms with Crippen molar-refractivity contribution in [3.05, 3.63) is 29.3 Å². The average molecular weight is 358 g/mol. The van der Waals surface area contributed by atoms with Crippen LogP contribution >= 0.6 is 0 Å². The van der Waals surface area contributed by atoms with Gasteiger partial charge in [0.15, 0.2) is 0 Å². The van der Waals surface area contributed by atoms with Gasteiger partial charge in [-0.1, -0.05) is 0 Å². The molecule has 8 heteroatoms. The van der Waals surface area contributed by atoms with Crippen LogP contribution in [0.4, 0.5) is 5.69 Å². The molecule has 0 aromatic heterocycles. The van der Waals surface area contributed by atoms with Crippen molar-refractivity contribution in [3.8, 4) is 0 Å². The van der Waals surface area contributed by atoms with Crippen LogP contribution in [0.15, 0.2) is 18.2 Å². The fourth-order valence-corrected chi connectivity index (χ4v) is 3.37. The molecule has 2 N–H and O–H groups in total. The maximum atomic E-state index is 12.8. The predicted molar refractivity (Wildman–Crippen MR) is 95.2 cm³/mol. The van der Waals surface area contributed by atoms with E-state index in [-0.39, 0.29) is 12.8 Å². The lowest BCUT2D eigenvalue weighted by Gasteiger charge is -2.41. The van der Waals surface area contributed by atoms with Crippen molar-refractivity contribution in [1.29, 1.82) is 0 Å². The topological polar surface area (TPSA) is 98.8 Å². The number of imide groups is 1. The third-order valence-corrected chi connectivity index (χ3v) is 4.98. The molecule has 0 saturated carbocycles. The minimum Gasteiger partial charge on any atom is -0.368 e. The monoisotopic (exact) mass is 358 g/mol. The van der Waals surface area contributed by atoms with Crippen molar-refractivity contribution >= 4 is 29.7 Å². The number of benzene rings is 1. The molecular weight excluding hydrogens is 336 g/mol. The lowest BCUT2D eigenvalue weighted by atomic mass is 10.0. The lowest BCUT2D eigenvalue weighted by Crippen LogP contribution is -2.57. The summed E-state index contributed by atoms with van der Waals surface area (Å²) < 4.78 is 0. The van der Waals surface area contributed by atoms with E-state index in [1.54, 1.807) is 12.1 Å². The number of rotatable bonds is 7. The van der Waals surface area contributed by atoms with E-state index >= 15 is 0 Å². The van der Waals surface area contributed by atoms with E-state index in [0.29, 0.717) is 23.5 Å². The molecule has 26 heavy (non-hydrogen) atoms. The van der Waals surface area contributed by atoms with Crippen molar-refractivity contribution in [1.82, 2.24) is 15.5 Å². The number of amides is 3. The summed E-state index contributed by atoms with van der Waals surface area (Å²) in [5.74, 6) is -1.44. The lowest BCUT2D eigenvalue weighted by molar-refractivity contribution is -0.124. The molecule has 8 nitrogen and oxygen atoms in total. The number of nitrogens with zero attached hydrogens (tertiary/aromatic N) is 2. The van der Waals surface area contributed by atoms with Crippen molar-refractivity contribution in [2.45, 2.75) is 24.9 Å². The molecule has 0 spiro atoms. The molecule has 3 rings (SSSR count). The fraction of sp³-hybridized carbons (Fsp3) is 0.444. The molecule has 1 aromatic rings. The molecule has 0 radical (unpaired) electrons. The predicted octanol–water partition coefficient (Wildman–Crippen LogP) is -0.216. The van der Waals surface area contributed by atoms with Crippen molar-refractivity contribution in [2.24, 2.45) is 0 Å². The Labute approximate surface area is 151 Å². The SMILES string of the molecule is CNC(=O)C(CCC=O)N1C(=O)c2ccc(N3CC(NC)C3)cc2C1=O. The Hall–Kier alpha value is -2.74. The number of carbonyl (C=O) groups excluding carboxylic acids is 4. The molecule has 1 fully saturated rings. The van der Waals surface area contributed by atoms with Crippen molar-refractivity contribution in [2.75, 3.05) is 32.1 Å². The van der Waals surface area contributed by atoms with Crippen LogP contribution in [0, 0.1) is 0 Å². The fourth-order valence-electron chi connectivity index (χ4n) is 3.37. The van der Waals surface area contributed by atoms with Crippen LogP contribution in [-0.2, 0) is 9.59 Å². The molecule has 3 amide bonds. The summed E-state index contributed by atoms with van der Waals surface area (Å²) in [5.41, 5.74) is 1.48. The van der Waals surface area contributed by atoms with Gasteiger partial charge in [-0.05, 0) is 31.7 Å². The van der Waals surface area contributed by atoms with Crippen molar-refractivity contribution in [3.63, 3.8) is 0 Å². The number of fused-ring (bicyclic) bond motifs is 1. The van der Waals surface area contributed by atoms with Crippen LogP contribution in [0.1, 0.15) is 33.6 Å². The number of anilines is 1. The summed E-state index contributed by atoms with van der Waals surface area (Å²) in [6, 6.07) is 4.59. The molecule has 0 bridgehead atoms. The minimum atomic E-state index is -0.987. The molecule has 1 unspecified atom stereocenters. The molecule has 1 saturated heterocycles. The number of carbonyl (C=O) groups is 4. The summed E-state index contributed by atoms with van der Waals surface area (Å²) in [7, 11) is 3.34. The third kappa shape index (κ3) is 2.96. The van der Waals surface area contributed by atoms with Gasteiger partial charge in [0.05, 0.1) is 11.1 Å². The smallest absolute Gasteiger partial charge is 0.262 e. The number of aldehydes is 1. The first-order valence-corrected chi connectivity index (χ1v) is 8.61. The zero-order valence-corrected chi connectivity index (χ0v) is 14.8. The Morgan fingerprint density at radius 2 is 1.92 bits per heavy atom. The zero-order valence-electron chi connectivity index (χ0n) is 14.8. The maximum absolute atomic E-state index is 12.8. The van der Waals surface area contributed by atoms with E-state index in [0.717, 1.165) is 23.7 Å². The molecule has 1 aromatic carbocycles. The van der Waals surface area contributed by atoms with Gasteiger partial charge in [-0.3, -0.25) is 19.3 Å². The van der Waals surface area contributed by atoms with E-state index in [2.05, 4.69) is 15.5 Å². The van der Waals surface area contributed by atoms with Gasteiger partial charge in [-0.25, -0.2) is 0 Å². The largest absolute Gasteiger partial charge is 0.368 e. The molecule has 2 aliphatic rings. The first kappa shape index (κ1) is 18.1. The Morgan fingerprint density at radius 3 is 2.54 bits per heavy atom. The van der Waals surface area contributed by atoms with E-state index in [4.69, 9.17) is 0 Å². The molecule has 0 aliphatic carbocycles. The van der Waals surface area contributed by atoms with Crippen molar-refractivity contribution < 1.29 is 19.2 Å². The highest BCUT2D eigenvalue weighted by molar-refractivity contribution is 6.23. The van der Waals surface area contributed by atoms with Crippen LogP contribution in [0.3, 0.4) is 0 Å². The summed E-state index contributed by atoms with van der Waals surface area (Å²) in [4.78, 5) is 51.5. The van der Waals surface area contributed by atoms with Crippen LogP contribution in [0.2, 0.25) is 0 Å². The highest BCUT2D eigenvalue weighted by Crippen LogP contribution is 2.31. The Bertz CT molecular complexity index is 758. The van der Waals surface area contributed by atoms with Gasteiger partial charge in [0.1, 0.15) is 12.3 Å². The van der Waals surface area contributed by atoms with Gasteiger partial charge < -0.3 is 20.3 Å². The minimum absolute atomic E-state index is 0.0932. The van der Waals surface area contributed by atoms with E-state index in [1.807, 2.05) is 13.1 Å². The summed E-state index contributed by atoms with van der Waals surface area (Å²) in [6.07, 6.45) is 0.877. The Kier molecular flexibility index (Phi) is 5.03. The van der Waals surface area contributed by atoms with Gasteiger partial charge in [-0.15, -0.1) is 0 Å². The number of hydrogen-bond donors (Lipinski definition) is 2. The Balaban J connectivity index is 1.86. The van der Waals surface area contributed by atoms with Gasteiger partial charge in [-0.2, -0.15) is 0 Å².